The van der Waals surface area contributed by atoms with Crippen molar-refractivity contribution < 1.29 is 18.7 Å². The molecule has 1 N–H and O–H groups in total. The molecule has 8 heteroatoms. The zero-order valence-corrected chi connectivity index (χ0v) is 18.4. The van der Waals surface area contributed by atoms with Gasteiger partial charge in [-0.2, -0.15) is 0 Å². The van der Waals surface area contributed by atoms with Crippen molar-refractivity contribution in [3.63, 3.8) is 0 Å². The van der Waals surface area contributed by atoms with E-state index < -0.39 is 0 Å². The summed E-state index contributed by atoms with van der Waals surface area (Å²) in [6.45, 7) is 5.51. The number of oxazole rings is 1. The van der Waals surface area contributed by atoms with E-state index in [4.69, 9.17) is 13.9 Å². The van der Waals surface area contributed by atoms with E-state index in [1.54, 1.807) is 13.3 Å². The summed E-state index contributed by atoms with van der Waals surface area (Å²) in [5, 5.41) is 2.93. The second kappa shape index (κ2) is 10.1. The minimum absolute atomic E-state index is 0.0603. The lowest BCUT2D eigenvalue weighted by Crippen LogP contribution is -2.52. The molecule has 0 aliphatic carbocycles. The molecule has 1 fully saturated rings. The number of amides is 2. The number of anilines is 1. The predicted octanol–water partition coefficient (Wildman–Crippen LogP) is 3.57. The number of piperazine rings is 1. The van der Waals surface area contributed by atoms with Gasteiger partial charge in [-0.15, -0.1) is 0 Å². The van der Waals surface area contributed by atoms with Crippen molar-refractivity contribution in [3.05, 3.63) is 60.6 Å². The maximum Gasteiger partial charge on any atom is 0.317 e. The van der Waals surface area contributed by atoms with Gasteiger partial charge in [0.1, 0.15) is 18.1 Å². The first kappa shape index (κ1) is 21.5. The first-order valence-corrected chi connectivity index (χ1v) is 10.7. The first-order valence-electron chi connectivity index (χ1n) is 10.7. The van der Waals surface area contributed by atoms with Crippen LogP contribution in [0.3, 0.4) is 0 Å². The SMILES string of the molecule is COc1cc(N2CCN(C(=O)NCCOc3ccccc3)CC2)ccc1-c1cnc(C)o1. The number of para-hydroxylation sites is 1. The van der Waals surface area contributed by atoms with E-state index in [2.05, 4.69) is 15.2 Å². The fraction of sp³-hybridized carbons (Fsp3) is 0.333. The number of ether oxygens (including phenoxy) is 2. The number of nitrogens with zero attached hydrogens (tertiary/aromatic N) is 3. The van der Waals surface area contributed by atoms with Crippen LogP contribution in [0.4, 0.5) is 10.5 Å². The van der Waals surface area contributed by atoms with E-state index in [0.717, 1.165) is 35.8 Å². The third kappa shape index (κ3) is 5.14. The molecule has 8 nitrogen and oxygen atoms in total. The van der Waals surface area contributed by atoms with Crippen molar-refractivity contribution >= 4 is 11.7 Å². The highest BCUT2D eigenvalue weighted by molar-refractivity contribution is 5.75. The van der Waals surface area contributed by atoms with Crippen molar-refractivity contribution in [1.29, 1.82) is 0 Å². The molecule has 1 saturated heterocycles. The Bertz CT molecular complexity index is 1030. The summed E-state index contributed by atoms with van der Waals surface area (Å²) >= 11 is 0. The van der Waals surface area contributed by atoms with Crippen LogP contribution in [-0.2, 0) is 0 Å². The topological polar surface area (TPSA) is 80.1 Å². The Morgan fingerprint density at radius 3 is 2.59 bits per heavy atom. The van der Waals surface area contributed by atoms with Crippen LogP contribution in [0.5, 0.6) is 11.5 Å². The van der Waals surface area contributed by atoms with Crippen molar-refractivity contribution in [1.82, 2.24) is 15.2 Å². The second-order valence-corrected chi connectivity index (χ2v) is 7.50. The Labute approximate surface area is 187 Å². The smallest absolute Gasteiger partial charge is 0.317 e. The maximum atomic E-state index is 12.5. The maximum absolute atomic E-state index is 12.5. The highest BCUT2D eigenvalue weighted by Gasteiger charge is 2.22. The molecule has 2 aromatic carbocycles. The van der Waals surface area contributed by atoms with Crippen LogP contribution in [0.1, 0.15) is 5.89 Å². The number of aryl methyl sites for hydroxylation is 1. The molecule has 0 radical (unpaired) electrons. The quantitative estimate of drug-likeness (QED) is 0.571. The van der Waals surface area contributed by atoms with Gasteiger partial charge >= 0.3 is 6.03 Å². The molecule has 2 heterocycles. The lowest BCUT2D eigenvalue weighted by molar-refractivity contribution is 0.191. The number of carbonyl (C=O) groups excluding carboxylic acids is 1. The summed E-state index contributed by atoms with van der Waals surface area (Å²) in [5.41, 5.74) is 1.92. The third-order valence-corrected chi connectivity index (χ3v) is 5.39. The van der Waals surface area contributed by atoms with E-state index in [9.17, 15) is 4.79 Å². The average Bonchev–Trinajstić information content (AvgIpc) is 3.28. The van der Waals surface area contributed by atoms with Gasteiger partial charge in [-0.05, 0) is 24.3 Å². The van der Waals surface area contributed by atoms with Gasteiger partial charge in [0.15, 0.2) is 11.7 Å². The minimum atomic E-state index is -0.0603. The molecule has 0 bridgehead atoms. The number of hydrogen-bond donors (Lipinski definition) is 1. The molecular weight excluding hydrogens is 408 g/mol. The molecular formula is C24H28N4O4. The lowest BCUT2D eigenvalue weighted by Gasteiger charge is -2.36. The summed E-state index contributed by atoms with van der Waals surface area (Å²) < 4.78 is 16.8. The van der Waals surface area contributed by atoms with Crippen LogP contribution in [0.15, 0.2) is 59.1 Å². The standard InChI is InChI=1S/C24H28N4O4/c1-18-26-17-23(32-18)21-9-8-19(16-22(21)30-2)27-11-13-28(14-12-27)24(29)25-10-15-31-20-6-4-3-5-7-20/h3-9,16-17H,10-15H2,1-2H3,(H,25,29). The van der Waals surface area contributed by atoms with Gasteiger partial charge in [0.05, 0.1) is 25.4 Å². The monoisotopic (exact) mass is 436 g/mol. The Morgan fingerprint density at radius 1 is 1.12 bits per heavy atom. The van der Waals surface area contributed by atoms with Gasteiger partial charge in [0.25, 0.3) is 0 Å². The normalized spacial score (nSPS) is 13.7. The van der Waals surface area contributed by atoms with Crippen molar-refractivity contribution in [2.45, 2.75) is 6.92 Å². The second-order valence-electron chi connectivity index (χ2n) is 7.50. The number of hydrogen-bond acceptors (Lipinski definition) is 6. The minimum Gasteiger partial charge on any atom is -0.496 e. The number of nitrogens with one attached hydrogen (secondary N) is 1. The van der Waals surface area contributed by atoms with Crippen LogP contribution in [-0.4, -0.2) is 62.4 Å². The van der Waals surface area contributed by atoms with Crippen molar-refractivity contribution in [2.75, 3.05) is 51.3 Å². The number of rotatable bonds is 7. The van der Waals surface area contributed by atoms with E-state index in [0.29, 0.717) is 37.9 Å². The van der Waals surface area contributed by atoms with Gasteiger partial charge in [-0.3, -0.25) is 0 Å². The molecule has 2 amide bonds. The van der Waals surface area contributed by atoms with Crippen LogP contribution in [0.2, 0.25) is 0 Å². The van der Waals surface area contributed by atoms with E-state index in [1.807, 2.05) is 60.4 Å². The molecule has 1 aromatic heterocycles. The molecule has 0 spiro atoms. The van der Waals surface area contributed by atoms with Gasteiger partial charge in [0, 0.05) is 44.9 Å². The summed E-state index contributed by atoms with van der Waals surface area (Å²) in [5.74, 6) is 2.84. The number of benzene rings is 2. The van der Waals surface area contributed by atoms with Gasteiger partial charge in [-0.25, -0.2) is 9.78 Å². The molecule has 168 valence electrons. The highest BCUT2D eigenvalue weighted by Crippen LogP contribution is 2.34. The summed E-state index contributed by atoms with van der Waals surface area (Å²) in [6, 6.07) is 15.6. The summed E-state index contributed by atoms with van der Waals surface area (Å²) in [4.78, 5) is 20.7. The fourth-order valence-corrected chi connectivity index (χ4v) is 3.69. The fourth-order valence-electron chi connectivity index (χ4n) is 3.69. The van der Waals surface area contributed by atoms with Crippen LogP contribution < -0.4 is 19.7 Å². The molecule has 0 atom stereocenters. The summed E-state index contributed by atoms with van der Waals surface area (Å²) in [7, 11) is 1.65. The largest absolute Gasteiger partial charge is 0.496 e. The lowest BCUT2D eigenvalue weighted by atomic mass is 10.1. The number of methoxy groups -OCH3 is 1. The van der Waals surface area contributed by atoms with Crippen molar-refractivity contribution in [2.24, 2.45) is 0 Å². The Kier molecular flexibility index (Phi) is 6.79. The van der Waals surface area contributed by atoms with Gasteiger partial charge in [0.2, 0.25) is 0 Å². The van der Waals surface area contributed by atoms with E-state index >= 15 is 0 Å². The molecule has 0 saturated carbocycles. The van der Waals surface area contributed by atoms with Crippen LogP contribution >= 0.6 is 0 Å². The number of carbonyl (C=O) groups is 1. The summed E-state index contributed by atoms with van der Waals surface area (Å²) in [6.07, 6.45) is 1.70. The predicted molar refractivity (Wildman–Crippen MR) is 122 cm³/mol. The Morgan fingerprint density at radius 2 is 1.91 bits per heavy atom. The van der Waals surface area contributed by atoms with Crippen LogP contribution in [0, 0.1) is 6.92 Å². The molecule has 1 aliphatic heterocycles. The van der Waals surface area contributed by atoms with Crippen LogP contribution in [0.25, 0.3) is 11.3 Å². The molecule has 0 unspecified atom stereocenters. The zero-order chi connectivity index (χ0) is 22.3. The van der Waals surface area contributed by atoms with E-state index in [1.165, 1.54) is 0 Å². The van der Waals surface area contributed by atoms with Crippen molar-refractivity contribution in [3.8, 4) is 22.8 Å². The Balaban J connectivity index is 1.27. The highest BCUT2D eigenvalue weighted by atomic mass is 16.5. The molecule has 3 aromatic rings. The first-order chi connectivity index (χ1) is 15.6. The Hall–Kier alpha value is -3.68. The molecule has 1 aliphatic rings. The zero-order valence-electron chi connectivity index (χ0n) is 18.4. The molecule has 32 heavy (non-hydrogen) atoms. The number of aromatic nitrogens is 1. The average molecular weight is 437 g/mol. The van der Waals surface area contributed by atoms with Gasteiger partial charge < -0.3 is 29.0 Å². The number of urea groups is 1. The van der Waals surface area contributed by atoms with Gasteiger partial charge in [-0.1, -0.05) is 18.2 Å². The van der Waals surface area contributed by atoms with E-state index in [-0.39, 0.29) is 6.03 Å². The third-order valence-electron chi connectivity index (χ3n) is 5.39. The molecule has 4 rings (SSSR count).